The first kappa shape index (κ1) is 21.4. The number of hydrogen-bond donors (Lipinski definition) is 1. The Morgan fingerprint density at radius 1 is 1.31 bits per heavy atom. The van der Waals surface area contributed by atoms with Gasteiger partial charge in [-0.1, -0.05) is 6.92 Å². The summed E-state index contributed by atoms with van der Waals surface area (Å²) in [6.45, 7) is 3.72. The maximum absolute atomic E-state index is 12.9. The molecule has 1 aliphatic carbocycles. The van der Waals surface area contributed by atoms with E-state index in [9.17, 15) is 14.4 Å². The summed E-state index contributed by atoms with van der Waals surface area (Å²) in [5, 5.41) is 6.37. The van der Waals surface area contributed by atoms with E-state index in [4.69, 9.17) is 18.9 Å². The van der Waals surface area contributed by atoms with Crippen LogP contribution < -0.4 is 5.32 Å². The van der Waals surface area contributed by atoms with Crippen molar-refractivity contribution in [1.29, 1.82) is 0 Å². The van der Waals surface area contributed by atoms with Crippen LogP contribution in [-0.4, -0.2) is 73.1 Å². The normalized spacial score (nSPS) is 40.0. The van der Waals surface area contributed by atoms with Crippen LogP contribution in [-0.2, 0) is 28.5 Å². The number of carbonyl (C=O) groups is 3. The fourth-order valence-electron chi connectivity index (χ4n) is 5.25. The number of esters is 2. The molecule has 1 N–H and O–H groups in total. The van der Waals surface area contributed by atoms with Crippen LogP contribution in [0.4, 0.5) is 10.5 Å². The van der Waals surface area contributed by atoms with Crippen LogP contribution in [0.3, 0.4) is 0 Å². The highest BCUT2D eigenvalue weighted by Gasteiger charge is 2.65. The molecular formula is C22H26N2O7S. The second-order valence-corrected chi connectivity index (χ2v) is 10.1. The summed E-state index contributed by atoms with van der Waals surface area (Å²) in [7, 11) is 3.64. The Bertz CT molecular complexity index is 977. The number of likely N-dealkylation sites (N-methyl/N-ethyl adjacent to an activating group) is 1. The molecule has 3 aliphatic heterocycles. The zero-order valence-corrected chi connectivity index (χ0v) is 19.1. The minimum Gasteiger partial charge on any atom is -0.462 e. The molecule has 0 aromatic carbocycles. The molecular weight excluding hydrogens is 436 g/mol. The van der Waals surface area contributed by atoms with Gasteiger partial charge in [-0.15, -0.1) is 0 Å². The molecule has 1 aromatic heterocycles. The lowest BCUT2D eigenvalue weighted by molar-refractivity contribution is -0.144. The highest BCUT2D eigenvalue weighted by atomic mass is 32.1. The monoisotopic (exact) mass is 462 g/mol. The van der Waals surface area contributed by atoms with Gasteiger partial charge in [0.05, 0.1) is 28.8 Å². The Morgan fingerprint density at radius 3 is 2.78 bits per heavy atom. The molecule has 10 heteroatoms. The highest BCUT2D eigenvalue weighted by molar-refractivity contribution is 7.08. The maximum atomic E-state index is 12.9. The minimum atomic E-state index is -0.766. The van der Waals surface area contributed by atoms with Gasteiger partial charge in [-0.25, -0.2) is 9.59 Å². The van der Waals surface area contributed by atoms with Crippen molar-refractivity contribution in [2.75, 3.05) is 19.4 Å². The number of rotatable bonds is 3. The molecule has 172 valence electrons. The molecule has 8 atom stereocenters. The Kier molecular flexibility index (Phi) is 5.06. The van der Waals surface area contributed by atoms with E-state index >= 15 is 0 Å². The van der Waals surface area contributed by atoms with Gasteiger partial charge in [-0.3, -0.25) is 15.0 Å². The summed E-state index contributed by atoms with van der Waals surface area (Å²) in [6, 6.07) is 1.20. The van der Waals surface area contributed by atoms with E-state index in [0.717, 1.165) is 0 Å². The third kappa shape index (κ3) is 3.50. The Labute approximate surface area is 189 Å². The fourth-order valence-corrected chi connectivity index (χ4v) is 5.84. The Morgan fingerprint density at radius 2 is 2.09 bits per heavy atom. The molecule has 8 unspecified atom stereocenters. The zero-order valence-electron chi connectivity index (χ0n) is 18.3. The second-order valence-electron chi connectivity index (χ2n) is 9.30. The molecule has 2 saturated heterocycles. The molecule has 9 nitrogen and oxygen atoms in total. The number of epoxide rings is 1. The maximum Gasteiger partial charge on any atom is 0.412 e. The Balaban J connectivity index is 1.50. The molecule has 4 aliphatic rings. The molecule has 5 rings (SSSR count). The Hall–Kier alpha value is -2.43. The summed E-state index contributed by atoms with van der Waals surface area (Å²) in [5.74, 6) is -1.46. The lowest BCUT2D eigenvalue weighted by atomic mass is 9.79. The summed E-state index contributed by atoms with van der Waals surface area (Å²) in [6.07, 6.45) is -0.690. The van der Waals surface area contributed by atoms with Crippen LogP contribution in [0.2, 0.25) is 0 Å². The van der Waals surface area contributed by atoms with Gasteiger partial charge >= 0.3 is 18.0 Å². The van der Waals surface area contributed by atoms with E-state index in [-0.39, 0.29) is 11.9 Å². The molecule has 4 heterocycles. The second kappa shape index (κ2) is 7.57. The van der Waals surface area contributed by atoms with Crippen molar-refractivity contribution in [1.82, 2.24) is 4.90 Å². The SMILES string of the molecule is CC1C(=O)OC2CC3(C)OC3C(OC(=O)Nc3ccsc3)C(N(C)C)C3=CC(OC3=O)C21. The topological polar surface area (TPSA) is 107 Å². The van der Waals surface area contributed by atoms with Gasteiger partial charge in [0.15, 0.2) is 6.10 Å². The van der Waals surface area contributed by atoms with Crippen LogP contribution in [0.15, 0.2) is 28.5 Å². The largest absolute Gasteiger partial charge is 0.462 e. The smallest absolute Gasteiger partial charge is 0.412 e. The zero-order chi connectivity index (χ0) is 22.8. The van der Waals surface area contributed by atoms with E-state index in [2.05, 4.69) is 5.32 Å². The number of fused-ring (bicyclic) bond motifs is 4. The fraction of sp³-hybridized carbons (Fsp3) is 0.591. The number of ether oxygens (including phenoxy) is 4. The molecule has 0 spiro atoms. The number of carbonyl (C=O) groups excluding carboxylic acids is 3. The molecule has 2 bridgehead atoms. The van der Waals surface area contributed by atoms with Crippen LogP contribution in [0.5, 0.6) is 0 Å². The number of amides is 1. The van der Waals surface area contributed by atoms with E-state index in [0.29, 0.717) is 17.7 Å². The van der Waals surface area contributed by atoms with Gasteiger partial charge in [0.1, 0.15) is 18.3 Å². The van der Waals surface area contributed by atoms with Gasteiger partial charge in [0, 0.05) is 17.7 Å². The first-order chi connectivity index (χ1) is 15.2. The summed E-state index contributed by atoms with van der Waals surface area (Å²) in [4.78, 5) is 39.8. The first-order valence-corrected chi connectivity index (χ1v) is 11.6. The van der Waals surface area contributed by atoms with E-state index in [1.807, 2.05) is 31.3 Å². The van der Waals surface area contributed by atoms with Crippen LogP contribution in [0.25, 0.3) is 0 Å². The molecule has 32 heavy (non-hydrogen) atoms. The summed E-state index contributed by atoms with van der Waals surface area (Å²) < 4.78 is 23.3. The van der Waals surface area contributed by atoms with Crippen molar-refractivity contribution in [3.8, 4) is 0 Å². The minimum absolute atomic E-state index is 0.284. The first-order valence-electron chi connectivity index (χ1n) is 10.7. The van der Waals surface area contributed by atoms with E-state index in [1.54, 1.807) is 24.4 Å². The molecule has 0 radical (unpaired) electrons. The highest BCUT2D eigenvalue weighted by Crippen LogP contribution is 2.51. The lowest BCUT2D eigenvalue weighted by Gasteiger charge is -2.32. The van der Waals surface area contributed by atoms with Gasteiger partial charge in [-0.05, 0) is 38.5 Å². The molecule has 0 saturated carbocycles. The quantitative estimate of drug-likeness (QED) is 0.414. The van der Waals surface area contributed by atoms with Crippen molar-refractivity contribution in [3.63, 3.8) is 0 Å². The van der Waals surface area contributed by atoms with Crippen LogP contribution >= 0.6 is 11.3 Å². The predicted octanol–water partition coefficient (Wildman–Crippen LogP) is 2.19. The molecule has 1 aromatic rings. The summed E-state index contributed by atoms with van der Waals surface area (Å²) in [5.41, 5.74) is 0.378. The number of thiophene rings is 1. The average molecular weight is 463 g/mol. The number of nitrogens with zero attached hydrogens (tertiary/aromatic N) is 1. The summed E-state index contributed by atoms with van der Waals surface area (Å²) >= 11 is 1.46. The van der Waals surface area contributed by atoms with Gasteiger partial charge in [-0.2, -0.15) is 11.3 Å². The van der Waals surface area contributed by atoms with Crippen molar-refractivity contribution in [2.24, 2.45) is 11.8 Å². The molecule has 1 amide bonds. The standard InChI is InChI=1S/C22H26N2O7S/c1-10-15-13-7-12(20(26)28-13)16(24(3)4)17(30-21(27)23-11-5-6-32-9-11)18-22(2,31-18)8-14(15)29-19(10)25/h5-7,9-10,13-18H,8H2,1-4H3,(H,23,27). The van der Waals surface area contributed by atoms with Gasteiger partial charge in [0.25, 0.3) is 0 Å². The third-order valence-electron chi connectivity index (χ3n) is 6.89. The van der Waals surface area contributed by atoms with Gasteiger partial charge in [0.2, 0.25) is 0 Å². The van der Waals surface area contributed by atoms with E-state index < -0.39 is 54.0 Å². The number of anilines is 1. The van der Waals surface area contributed by atoms with Crippen molar-refractivity contribution < 1.29 is 33.3 Å². The van der Waals surface area contributed by atoms with Crippen LogP contribution in [0, 0.1) is 11.8 Å². The number of nitrogens with one attached hydrogen (secondary N) is 1. The number of hydrogen-bond acceptors (Lipinski definition) is 9. The van der Waals surface area contributed by atoms with Crippen molar-refractivity contribution >= 4 is 35.1 Å². The molecule has 2 fully saturated rings. The van der Waals surface area contributed by atoms with Crippen molar-refractivity contribution in [2.45, 2.75) is 56.3 Å². The third-order valence-corrected chi connectivity index (χ3v) is 7.57. The van der Waals surface area contributed by atoms with Gasteiger partial charge < -0.3 is 18.9 Å². The van der Waals surface area contributed by atoms with Crippen molar-refractivity contribution in [3.05, 3.63) is 28.5 Å². The predicted molar refractivity (Wildman–Crippen MR) is 114 cm³/mol. The lowest BCUT2D eigenvalue weighted by Crippen LogP contribution is -2.49. The van der Waals surface area contributed by atoms with Crippen LogP contribution in [0.1, 0.15) is 20.3 Å². The average Bonchev–Trinajstić information content (AvgIpc) is 3.05. The van der Waals surface area contributed by atoms with E-state index in [1.165, 1.54) is 11.3 Å².